The molecule has 9 nitrogen and oxygen atoms in total. The lowest BCUT2D eigenvalue weighted by Gasteiger charge is -2.38. The zero-order chi connectivity index (χ0) is 32.8. The van der Waals surface area contributed by atoms with E-state index in [1.165, 1.54) is 16.8 Å². The number of anilines is 1. The van der Waals surface area contributed by atoms with Gasteiger partial charge >= 0.3 is 6.09 Å². The smallest absolute Gasteiger partial charge is 0.410 e. The molecule has 1 amide bonds. The molecule has 0 radical (unpaired) electrons. The molecule has 3 fully saturated rings. The van der Waals surface area contributed by atoms with Crippen LogP contribution in [0.1, 0.15) is 83.5 Å². The number of benzene rings is 2. The van der Waals surface area contributed by atoms with E-state index >= 15 is 0 Å². The number of piperazine rings is 1. The topological polar surface area (TPSA) is 88.0 Å². The fraction of sp³-hybridized carbons (Fsp3) is 0.611. The fourth-order valence-electron chi connectivity index (χ4n) is 7.38. The molecular formula is C36H51N5O4S. The highest BCUT2D eigenvalue weighted by atomic mass is 32.2. The summed E-state index contributed by atoms with van der Waals surface area (Å²) in [5, 5.41) is 0. The van der Waals surface area contributed by atoms with E-state index in [1.54, 1.807) is 0 Å². The molecule has 2 aromatic carbocycles. The van der Waals surface area contributed by atoms with Crippen molar-refractivity contribution in [3.8, 4) is 11.1 Å². The van der Waals surface area contributed by atoms with Crippen molar-refractivity contribution in [2.75, 3.05) is 55.7 Å². The summed E-state index contributed by atoms with van der Waals surface area (Å²) in [7, 11) is -0.887. The minimum Gasteiger partial charge on any atom is -0.444 e. The first kappa shape index (κ1) is 32.8. The second-order valence-corrected chi connectivity index (χ2v) is 17.1. The van der Waals surface area contributed by atoms with Crippen LogP contribution in [0.2, 0.25) is 0 Å². The van der Waals surface area contributed by atoms with Crippen LogP contribution in [0.25, 0.3) is 22.2 Å². The monoisotopic (exact) mass is 649 g/mol. The summed E-state index contributed by atoms with van der Waals surface area (Å²) >= 11 is 0. The van der Waals surface area contributed by atoms with Gasteiger partial charge in [0.25, 0.3) is 0 Å². The van der Waals surface area contributed by atoms with Crippen LogP contribution in [0.4, 0.5) is 10.5 Å². The molecule has 3 aliphatic heterocycles. The molecule has 0 N–H and O–H groups in total. The van der Waals surface area contributed by atoms with Gasteiger partial charge in [0.2, 0.25) is 0 Å². The lowest BCUT2D eigenvalue weighted by Crippen LogP contribution is -2.48. The van der Waals surface area contributed by atoms with Gasteiger partial charge in [-0.15, -0.1) is 0 Å². The summed E-state index contributed by atoms with van der Waals surface area (Å²) in [6.07, 6.45) is 2.66. The largest absolute Gasteiger partial charge is 0.444 e. The predicted molar refractivity (Wildman–Crippen MR) is 185 cm³/mol. The Labute approximate surface area is 274 Å². The highest BCUT2D eigenvalue weighted by Crippen LogP contribution is 2.39. The fourth-order valence-corrected chi connectivity index (χ4v) is 8.87. The summed E-state index contributed by atoms with van der Waals surface area (Å²) in [6, 6.07) is 14.1. The highest BCUT2D eigenvalue weighted by Gasteiger charge is 2.32. The number of imidazole rings is 1. The molecule has 0 saturated carbocycles. The summed E-state index contributed by atoms with van der Waals surface area (Å²) in [5.41, 5.74) is 6.38. The first-order valence-electron chi connectivity index (χ1n) is 17.1. The number of carbonyl (C=O) groups is 1. The molecule has 0 spiro atoms. The van der Waals surface area contributed by atoms with Crippen molar-refractivity contribution >= 4 is 32.7 Å². The number of hydrogen-bond donors (Lipinski definition) is 0. The van der Waals surface area contributed by atoms with Gasteiger partial charge < -0.3 is 19.1 Å². The summed E-state index contributed by atoms with van der Waals surface area (Å²) in [4.78, 5) is 24.9. The van der Waals surface area contributed by atoms with Gasteiger partial charge in [-0.2, -0.15) is 0 Å². The van der Waals surface area contributed by atoms with E-state index in [4.69, 9.17) is 9.72 Å². The number of hydrogen-bond acceptors (Lipinski definition) is 7. The van der Waals surface area contributed by atoms with Crippen molar-refractivity contribution in [3.05, 3.63) is 47.8 Å². The summed E-state index contributed by atoms with van der Waals surface area (Å²) in [5.74, 6) is 1.81. The molecule has 46 heavy (non-hydrogen) atoms. The third-order valence-corrected chi connectivity index (χ3v) is 11.9. The average Bonchev–Trinajstić information content (AvgIpc) is 3.36. The van der Waals surface area contributed by atoms with Crippen molar-refractivity contribution in [1.29, 1.82) is 0 Å². The Balaban J connectivity index is 1.30. The SMILES string of the molecule is CC(C)N1CCN(c2ccc(-c3cc(C4CCN(C(=O)OC(C)(C)C)CC4)c4nc(C5CCS(=O)(=O)CC5)n(C)c4c3)cc2)CC1. The van der Waals surface area contributed by atoms with Crippen LogP contribution < -0.4 is 4.90 Å². The normalized spacial score (nSPS) is 20.5. The maximum Gasteiger partial charge on any atom is 0.410 e. The van der Waals surface area contributed by atoms with E-state index in [9.17, 15) is 13.2 Å². The molecule has 4 heterocycles. The van der Waals surface area contributed by atoms with Gasteiger partial charge in [-0.1, -0.05) is 12.1 Å². The Morgan fingerprint density at radius 1 is 0.870 bits per heavy atom. The van der Waals surface area contributed by atoms with Gasteiger partial charge in [-0.25, -0.2) is 18.2 Å². The van der Waals surface area contributed by atoms with E-state index in [0.717, 1.165) is 61.4 Å². The van der Waals surface area contributed by atoms with Crippen molar-refractivity contribution in [1.82, 2.24) is 19.4 Å². The molecule has 0 aliphatic carbocycles. The number of carbonyl (C=O) groups excluding carboxylic acids is 1. The number of amides is 1. The molecule has 0 atom stereocenters. The average molecular weight is 650 g/mol. The molecule has 6 rings (SSSR count). The Hall–Kier alpha value is -3.11. The zero-order valence-electron chi connectivity index (χ0n) is 28.5. The number of aromatic nitrogens is 2. The van der Waals surface area contributed by atoms with Gasteiger partial charge in [0.1, 0.15) is 21.3 Å². The summed E-state index contributed by atoms with van der Waals surface area (Å²) < 4.78 is 32.2. The predicted octanol–water partition coefficient (Wildman–Crippen LogP) is 6.18. The van der Waals surface area contributed by atoms with Crippen LogP contribution in [0.5, 0.6) is 0 Å². The number of ether oxygens (including phenoxy) is 1. The van der Waals surface area contributed by atoms with Crippen LogP contribution in [0.15, 0.2) is 36.4 Å². The Morgan fingerprint density at radius 3 is 2.09 bits per heavy atom. The molecule has 3 aromatic rings. The Bertz CT molecular complexity index is 1640. The van der Waals surface area contributed by atoms with Crippen molar-refractivity contribution in [2.45, 2.75) is 83.8 Å². The van der Waals surface area contributed by atoms with E-state index in [2.05, 4.69) is 71.7 Å². The number of sulfone groups is 1. The van der Waals surface area contributed by atoms with E-state index < -0.39 is 15.4 Å². The molecule has 3 aliphatic rings. The van der Waals surface area contributed by atoms with Crippen molar-refractivity contribution in [2.24, 2.45) is 7.05 Å². The lowest BCUT2D eigenvalue weighted by molar-refractivity contribution is 0.0205. The number of likely N-dealkylation sites (tertiary alicyclic amines) is 1. The quantitative estimate of drug-likeness (QED) is 0.326. The second kappa shape index (κ2) is 12.8. The molecule has 1 aromatic heterocycles. The van der Waals surface area contributed by atoms with E-state index in [0.29, 0.717) is 32.0 Å². The van der Waals surface area contributed by atoms with Crippen LogP contribution in [-0.4, -0.2) is 96.3 Å². The maximum absolute atomic E-state index is 12.8. The van der Waals surface area contributed by atoms with Gasteiger partial charge in [0.15, 0.2) is 0 Å². The minimum absolute atomic E-state index is 0.127. The van der Waals surface area contributed by atoms with Gasteiger partial charge in [0, 0.05) is 64.0 Å². The Kier molecular flexibility index (Phi) is 9.15. The van der Waals surface area contributed by atoms with E-state index in [1.807, 2.05) is 25.7 Å². The molecule has 250 valence electrons. The van der Waals surface area contributed by atoms with Gasteiger partial charge in [-0.05, 0) is 107 Å². The number of nitrogens with zero attached hydrogens (tertiary/aromatic N) is 5. The number of rotatable bonds is 5. The number of aryl methyl sites for hydroxylation is 1. The first-order valence-corrected chi connectivity index (χ1v) is 18.9. The minimum atomic E-state index is -2.96. The molecule has 10 heteroatoms. The third kappa shape index (κ3) is 7.08. The van der Waals surface area contributed by atoms with E-state index in [-0.39, 0.29) is 29.4 Å². The first-order chi connectivity index (χ1) is 21.8. The van der Waals surface area contributed by atoms with Crippen LogP contribution in [-0.2, 0) is 21.6 Å². The second-order valence-electron chi connectivity index (χ2n) is 14.8. The van der Waals surface area contributed by atoms with Crippen molar-refractivity contribution in [3.63, 3.8) is 0 Å². The third-order valence-electron chi connectivity index (χ3n) is 10.2. The molecule has 0 unspecified atom stereocenters. The lowest BCUT2D eigenvalue weighted by atomic mass is 9.86. The maximum atomic E-state index is 12.8. The Morgan fingerprint density at radius 2 is 1.50 bits per heavy atom. The van der Waals surface area contributed by atoms with Crippen LogP contribution in [0, 0.1) is 0 Å². The number of fused-ring (bicyclic) bond motifs is 1. The highest BCUT2D eigenvalue weighted by molar-refractivity contribution is 7.91. The number of piperidine rings is 1. The van der Waals surface area contributed by atoms with Gasteiger partial charge in [-0.3, -0.25) is 4.90 Å². The molecule has 3 saturated heterocycles. The van der Waals surface area contributed by atoms with Gasteiger partial charge in [0.05, 0.1) is 22.5 Å². The van der Waals surface area contributed by atoms with Crippen molar-refractivity contribution < 1.29 is 17.9 Å². The standard InChI is InChI=1S/C36H51N5O4S/c1-25(2)39-17-19-40(20-18-39)30-9-7-26(8-10-30)29-23-31(27-11-15-41(16-12-27)35(42)45-36(3,4)5)33-32(24-29)38(6)34(37-33)28-13-21-46(43,44)22-14-28/h7-10,23-25,27-28H,11-22H2,1-6H3. The van der Waals surface area contributed by atoms with Crippen LogP contribution >= 0.6 is 0 Å². The molecular weight excluding hydrogens is 598 g/mol. The summed E-state index contributed by atoms with van der Waals surface area (Å²) in [6.45, 7) is 15.8. The van der Waals surface area contributed by atoms with Crippen LogP contribution in [0.3, 0.4) is 0 Å². The zero-order valence-corrected chi connectivity index (χ0v) is 29.3. The molecule has 0 bridgehead atoms.